The normalized spacial score (nSPS) is 11.4. The summed E-state index contributed by atoms with van der Waals surface area (Å²) in [6.45, 7) is 4.19. The first-order valence-electron chi connectivity index (χ1n) is 8.62. The predicted octanol–water partition coefficient (Wildman–Crippen LogP) is 2.68. The Balaban J connectivity index is 1.72. The molecule has 0 saturated heterocycles. The van der Waals surface area contributed by atoms with Crippen LogP contribution >= 0.6 is 0 Å². The highest BCUT2D eigenvalue weighted by Crippen LogP contribution is 2.22. The van der Waals surface area contributed by atoms with E-state index in [0.29, 0.717) is 21.5 Å². The lowest BCUT2D eigenvalue weighted by molar-refractivity contribution is 0.100. The first-order valence-corrected chi connectivity index (χ1v) is 8.62. The molecule has 136 valence electrons. The highest BCUT2D eigenvalue weighted by molar-refractivity contribution is 6.02. The van der Waals surface area contributed by atoms with E-state index in [1.165, 1.54) is 0 Å². The number of aromatic amines is 2. The third kappa shape index (κ3) is 2.93. The number of hydrogen-bond donors (Lipinski definition) is 3. The van der Waals surface area contributed by atoms with E-state index in [4.69, 9.17) is 0 Å². The quantitative estimate of drug-likeness (QED) is 0.522. The number of carbonyl (C=O) groups excluding carboxylic acids is 1. The first kappa shape index (κ1) is 16.8. The monoisotopic (exact) mass is 362 g/mol. The molecule has 0 saturated carbocycles. The summed E-state index contributed by atoms with van der Waals surface area (Å²) in [5.41, 5.74) is 3.75. The number of para-hydroxylation sites is 1. The predicted molar refractivity (Wildman–Crippen MR) is 105 cm³/mol. The minimum Gasteiger partial charge on any atom is -0.350 e. The Morgan fingerprint density at radius 2 is 1.78 bits per heavy atom. The molecule has 1 amide bonds. The Hall–Kier alpha value is -3.61. The lowest BCUT2D eigenvalue weighted by Crippen LogP contribution is -2.43. The maximum Gasteiger partial charge on any atom is 0.348 e. The van der Waals surface area contributed by atoms with E-state index >= 15 is 0 Å². The number of nitrogens with zero attached hydrogens (tertiary/aromatic N) is 1. The summed E-state index contributed by atoms with van der Waals surface area (Å²) in [4.78, 5) is 42.9. The number of nitrogens with one attached hydrogen (secondary N) is 3. The van der Waals surface area contributed by atoms with Crippen LogP contribution in [0.2, 0.25) is 0 Å². The molecule has 0 aliphatic rings. The van der Waals surface area contributed by atoms with Crippen LogP contribution in [0.4, 0.5) is 0 Å². The van der Waals surface area contributed by atoms with E-state index < -0.39 is 17.2 Å². The van der Waals surface area contributed by atoms with E-state index in [0.717, 1.165) is 16.5 Å². The van der Waals surface area contributed by atoms with Crippen LogP contribution in [0.3, 0.4) is 0 Å². The number of H-pyrrole nitrogens is 2. The summed E-state index contributed by atoms with van der Waals surface area (Å²) in [6.07, 6.45) is 0. The van der Waals surface area contributed by atoms with Crippen molar-refractivity contribution in [2.75, 3.05) is 5.43 Å². The molecule has 0 unspecified atom stereocenters. The smallest absolute Gasteiger partial charge is 0.348 e. The van der Waals surface area contributed by atoms with Crippen molar-refractivity contribution >= 4 is 27.7 Å². The molecule has 0 radical (unpaired) electrons. The molecule has 2 heterocycles. The van der Waals surface area contributed by atoms with Gasteiger partial charge in [0.15, 0.2) is 0 Å². The number of aromatic nitrogens is 3. The molecule has 7 nitrogen and oxygen atoms in total. The zero-order valence-electron chi connectivity index (χ0n) is 14.9. The molecule has 0 atom stereocenters. The van der Waals surface area contributed by atoms with Crippen LogP contribution in [-0.2, 0) is 0 Å². The summed E-state index contributed by atoms with van der Waals surface area (Å²) in [6, 6.07) is 14.3. The van der Waals surface area contributed by atoms with Gasteiger partial charge in [-0.05, 0) is 41.8 Å². The summed E-state index contributed by atoms with van der Waals surface area (Å²) >= 11 is 0. The molecule has 3 N–H and O–H groups in total. The molecule has 4 rings (SSSR count). The third-order valence-corrected chi connectivity index (χ3v) is 4.57. The fourth-order valence-electron chi connectivity index (χ4n) is 3.06. The summed E-state index contributed by atoms with van der Waals surface area (Å²) in [5, 5.41) is 1.21. The zero-order valence-corrected chi connectivity index (χ0v) is 14.9. The Morgan fingerprint density at radius 1 is 1.00 bits per heavy atom. The van der Waals surface area contributed by atoms with Gasteiger partial charge in [0, 0.05) is 10.9 Å². The molecule has 27 heavy (non-hydrogen) atoms. The number of hydrogen-bond acceptors (Lipinski definition) is 3. The number of rotatable bonds is 3. The van der Waals surface area contributed by atoms with Crippen molar-refractivity contribution in [1.82, 2.24) is 14.6 Å². The Kier molecular flexibility index (Phi) is 3.92. The van der Waals surface area contributed by atoms with Gasteiger partial charge in [-0.1, -0.05) is 32.0 Å². The van der Waals surface area contributed by atoms with Crippen LogP contribution in [0.15, 0.2) is 58.1 Å². The van der Waals surface area contributed by atoms with Gasteiger partial charge in [0.1, 0.15) is 5.69 Å². The van der Waals surface area contributed by atoms with E-state index in [-0.39, 0.29) is 5.69 Å². The van der Waals surface area contributed by atoms with Crippen molar-refractivity contribution in [2.24, 2.45) is 0 Å². The molecule has 0 spiro atoms. The van der Waals surface area contributed by atoms with Crippen LogP contribution in [0.1, 0.15) is 35.8 Å². The van der Waals surface area contributed by atoms with Crippen LogP contribution in [-0.4, -0.2) is 20.6 Å². The van der Waals surface area contributed by atoms with Gasteiger partial charge in [0.25, 0.3) is 11.5 Å². The van der Waals surface area contributed by atoms with E-state index in [1.807, 2.05) is 18.2 Å². The van der Waals surface area contributed by atoms with E-state index in [2.05, 4.69) is 29.2 Å². The van der Waals surface area contributed by atoms with Crippen LogP contribution < -0.4 is 16.7 Å². The standard InChI is InChI=1S/C20H18N4O3/c1-11(2)12-7-8-15-13(9-12)10-17(21-15)18(25)23-24-19(26)14-5-3-4-6-16(14)22-20(24)27/h3-11,21H,1-2H3,(H,22,27)(H,23,25). The highest BCUT2D eigenvalue weighted by Gasteiger charge is 2.14. The molecular formula is C20H18N4O3. The lowest BCUT2D eigenvalue weighted by atomic mass is 10.0. The van der Waals surface area contributed by atoms with E-state index in [9.17, 15) is 14.4 Å². The van der Waals surface area contributed by atoms with Crippen molar-refractivity contribution < 1.29 is 4.79 Å². The Morgan fingerprint density at radius 3 is 2.56 bits per heavy atom. The van der Waals surface area contributed by atoms with Gasteiger partial charge in [0.2, 0.25) is 0 Å². The molecule has 0 fully saturated rings. The fraction of sp³-hybridized carbons (Fsp3) is 0.150. The largest absolute Gasteiger partial charge is 0.350 e. The van der Waals surface area contributed by atoms with Crippen LogP contribution in [0.25, 0.3) is 21.8 Å². The summed E-state index contributed by atoms with van der Waals surface area (Å²) in [5.74, 6) is -0.198. The van der Waals surface area contributed by atoms with Gasteiger partial charge in [-0.2, -0.15) is 4.68 Å². The van der Waals surface area contributed by atoms with Crippen molar-refractivity contribution in [3.05, 3.63) is 80.6 Å². The van der Waals surface area contributed by atoms with Gasteiger partial charge in [-0.3, -0.25) is 15.0 Å². The van der Waals surface area contributed by atoms with Gasteiger partial charge in [0.05, 0.1) is 10.9 Å². The van der Waals surface area contributed by atoms with E-state index in [1.54, 1.807) is 30.3 Å². The summed E-state index contributed by atoms with van der Waals surface area (Å²) in [7, 11) is 0. The molecule has 0 aliphatic heterocycles. The molecule has 7 heteroatoms. The molecule has 0 aliphatic carbocycles. The van der Waals surface area contributed by atoms with Crippen molar-refractivity contribution in [2.45, 2.75) is 19.8 Å². The molecule has 4 aromatic rings. The number of benzene rings is 2. The third-order valence-electron chi connectivity index (χ3n) is 4.57. The van der Waals surface area contributed by atoms with Gasteiger partial charge >= 0.3 is 5.69 Å². The molecule has 2 aromatic heterocycles. The lowest BCUT2D eigenvalue weighted by Gasteiger charge is -2.07. The second-order valence-electron chi connectivity index (χ2n) is 6.74. The van der Waals surface area contributed by atoms with Crippen molar-refractivity contribution in [3.63, 3.8) is 0 Å². The highest BCUT2D eigenvalue weighted by atomic mass is 16.2. The minimum absolute atomic E-state index is 0.269. The topological polar surface area (TPSA) is 99.8 Å². The summed E-state index contributed by atoms with van der Waals surface area (Å²) < 4.78 is 0.690. The van der Waals surface area contributed by atoms with Crippen LogP contribution in [0.5, 0.6) is 0 Å². The number of amides is 1. The average Bonchev–Trinajstić information content (AvgIpc) is 3.08. The minimum atomic E-state index is -0.703. The SMILES string of the molecule is CC(C)c1ccc2[nH]c(C(=O)Nn3c(=O)[nH]c4ccccc4c3=O)cc2c1. The van der Waals surface area contributed by atoms with Crippen molar-refractivity contribution in [1.29, 1.82) is 0 Å². The molecular weight excluding hydrogens is 344 g/mol. The number of fused-ring (bicyclic) bond motifs is 2. The fourth-order valence-corrected chi connectivity index (χ4v) is 3.06. The molecule has 0 bridgehead atoms. The Labute approximate surface area is 153 Å². The zero-order chi connectivity index (χ0) is 19.1. The van der Waals surface area contributed by atoms with Gasteiger partial charge in [-0.25, -0.2) is 4.79 Å². The maximum absolute atomic E-state index is 12.6. The average molecular weight is 362 g/mol. The Bertz CT molecular complexity index is 1290. The van der Waals surface area contributed by atoms with Crippen molar-refractivity contribution in [3.8, 4) is 0 Å². The molecule has 2 aromatic carbocycles. The number of carbonyl (C=O) groups is 1. The second kappa shape index (κ2) is 6.28. The van der Waals surface area contributed by atoms with Crippen LogP contribution in [0, 0.1) is 0 Å². The van der Waals surface area contributed by atoms with Gasteiger partial charge in [-0.15, -0.1) is 0 Å². The first-order chi connectivity index (χ1) is 12.9. The van der Waals surface area contributed by atoms with Gasteiger partial charge < -0.3 is 9.97 Å². The second-order valence-corrected chi connectivity index (χ2v) is 6.74. The maximum atomic E-state index is 12.6.